The lowest BCUT2D eigenvalue weighted by Crippen LogP contribution is -2.14. The SMILES string of the molecule is CCCCCCCC1=CC(=O)C(OC)=CC1=O. The molecule has 0 fully saturated rings. The van der Waals surface area contributed by atoms with E-state index < -0.39 is 0 Å². The number of ether oxygens (including phenoxy) is 1. The van der Waals surface area contributed by atoms with Gasteiger partial charge in [0.2, 0.25) is 5.78 Å². The van der Waals surface area contributed by atoms with Crippen molar-refractivity contribution >= 4 is 11.6 Å². The molecule has 0 saturated carbocycles. The third kappa shape index (κ3) is 4.17. The summed E-state index contributed by atoms with van der Waals surface area (Å²) in [6.07, 6.45) is 9.14. The van der Waals surface area contributed by atoms with E-state index in [1.807, 2.05) is 0 Å². The van der Waals surface area contributed by atoms with Crippen LogP contribution >= 0.6 is 0 Å². The molecule has 0 N–H and O–H groups in total. The van der Waals surface area contributed by atoms with Crippen LogP contribution in [-0.2, 0) is 14.3 Å². The lowest BCUT2D eigenvalue weighted by Gasteiger charge is -2.10. The van der Waals surface area contributed by atoms with E-state index >= 15 is 0 Å². The molecule has 0 aromatic heterocycles. The predicted octanol–water partition coefficient (Wildman–Crippen LogP) is 2.96. The number of carbonyl (C=O) groups excluding carboxylic acids is 2. The van der Waals surface area contributed by atoms with Crippen LogP contribution in [0.3, 0.4) is 0 Å². The van der Waals surface area contributed by atoms with Crippen molar-refractivity contribution < 1.29 is 14.3 Å². The topological polar surface area (TPSA) is 43.4 Å². The highest BCUT2D eigenvalue weighted by molar-refractivity contribution is 6.19. The molecule has 0 radical (unpaired) electrons. The van der Waals surface area contributed by atoms with E-state index in [9.17, 15) is 9.59 Å². The smallest absolute Gasteiger partial charge is 0.220 e. The van der Waals surface area contributed by atoms with Crippen molar-refractivity contribution in [3.63, 3.8) is 0 Å². The molecule has 17 heavy (non-hydrogen) atoms. The highest BCUT2D eigenvalue weighted by Crippen LogP contribution is 2.18. The summed E-state index contributed by atoms with van der Waals surface area (Å²) in [5.74, 6) is -0.141. The zero-order chi connectivity index (χ0) is 12.7. The molecular formula is C14H20O3. The third-order valence-electron chi connectivity index (χ3n) is 2.90. The molecule has 3 nitrogen and oxygen atoms in total. The Bertz CT molecular complexity index is 350. The van der Waals surface area contributed by atoms with Crippen LogP contribution in [0.15, 0.2) is 23.5 Å². The molecule has 3 heteroatoms. The van der Waals surface area contributed by atoms with Gasteiger partial charge in [-0.3, -0.25) is 9.59 Å². The van der Waals surface area contributed by atoms with Crippen LogP contribution in [0.1, 0.15) is 45.4 Å². The number of carbonyl (C=O) groups is 2. The summed E-state index contributed by atoms with van der Waals surface area (Å²) in [6.45, 7) is 2.17. The Labute approximate surface area is 103 Å². The van der Waals surface area contributed by atoms with Crippen LogP contribution in [0.25, 0.3) is 0 Å². The molecular weight excluding hydrogens is 216 g/mol. The first kappa shape index (κ1) is 13.7. The molecule has 0 atom stereocenters. The molecule has 0 unspecified atom stereocenters. The fraction of sp³-hybridized carbons (Fsp3) is 0.571. The van der Waals surface area contributed by atoms with Crippen LogP contribution in [0.5, 0.6) is 0 Å². The number of rotatable bonds is 7. The Kier molecular flexibility index (Phi) is 5.67. The highest BCUT2D eigenvalue weighted by atomic mass is 16.5. The van der Waals surface area contributed by atoms with Gasteiger partial charge in [0.05, 0.1) is 7.11 Å². The van der Waals surface area contributed by atoms with Crippen molar-refractivity contribution in [2.24, 2.45) is 0 Å². The first-order chi connectivity index (χ1) is 8.19. The minimum Gasteiger partial charge on any atom is -0.493 e. The molecule has 0 aromatic rings. The Morgan fingerprint density at radius 3 is 2.35 bits per heavy atom. The summed E-state index contributed by atoms with van der Waals surface area (Å²) in [6, 6.07) is 0. The van der Waals surface area contributed by atoms with Gasteiger partial charge in [-0.05, 0) is 18.9 Å². The summed E-state index contributed by atoms with van der Waals surface area (Å²) in [4.78, 5) is 23.1. The van der Waals surface area contributed by atoms with Crippen molar-refractivity contribution in [3.05, 3.63) is 23.5 Å². The fourth-order valence-corrected chi connectivity index (χ4v) is 1.86. The molecule has 0 bridgehead atoms. The summed E-state index contributed by atoms with van der Waals surface area (Å²) in [7, 11) is 1.40. The monoisotopic (exact) mass is 236 g/mol. The largest absolute Gasteiger partial charge is 0.493 e. The second-order valence-corrected chi connectivity index (χ2v) is 4.28. The van der Waals surface area contributed by atoms with Crippen molar-refractivity contribution in [1.29, 1.82) is 0 Å². The quantitative estimate of drug-likeness (QED) is 0.504. The molecule has 1 aliphatic rings. The normalized spacial score (nSPS) is 15.6. The average Bonchev–Trinajstić information content (AvgIpc) is 2.32. The summed E-state index contributed by atoms with van der Waals surface area (Å²) in [5, 5.41) is 0. The van der Waals surface area contributed by atoms with E-state index in [0.717, 1.165) is 12.8 Å². The maximum absolute atomic E-state index is 11.7. The van der Waals surface area contributed by atoms with E-state index in [4.69, 9.17) is 4.74 Å². The summed E-state index contributed by atoms with van der Waals surface area (Å²) < 4.78 is 4.83. The van der Waals surface area contributed by atoms with Gasteiger partial charge in [0, 0.05) is 11.6 Å². The Morgan fingerprint density at radius 2 is 1.71 bits per heavy atom. The van der Waals surface area contributed by atoms with Crippen LogP contribution in [0, 0.1) is 0 Å². The number of hydrogen-bond acceptors (Lipinski definition) is 3. The van der Waals surface area contributed by atoms with E-state index in [1.54, 1.807) is 0 Å². The third-order valence-corrected chi connectivity index (χ3v) is 2.90. The number of methoxy groups -OCH3 is 1. The first-order valence-electron chi connectivity index (χ1n) is 6.24. The lowest BCUT2D eigenvalue weighted by atomic mass is 9.97. The number of allylic oxidation sites excluding steroid dienone is 3. The van der Waals surface area contributed by atoms with Gasteiger partial charge in [-0.1, -0.05) is 32.6 Å². The molecule has 0 spiro atoms. The molecule has 0 aromatic carbocycles. The highest BCUT2D eigenvalue weighted by Gasteiger charge is 2.19. The Balaban J connectivity index is 2.40. The summed E-state index contributed by atoms with van der Waals surface area (Å²) >= 11 is 0. The fourth-order valence-electron chi connectivity index (χ4n) is 1.86. The van der Waals surface area contributed by atoms with Crippen LogP contribution in [0.4, 0.5) is 0 Å². The van der Waals surface area contributed by atoms with Gasteiger partial charge in [0.1, 0.15) is 0 Å². The standard InChI is InChI=1S/C14H20O3/c1-3-4-5-6-7-8-11-9-13(16)14(17-2)10-12(11)15/h9-10H,3-8H2,1-2H3. The van der Waals surface area contributed by atoms with E-state index in [-0.39, 0.29) is 17.3 Å². The van der Waals surface area contributed by atoms with Crippen molar-refractivity contribution in [1.82, 2.24) is 0 Å². The number of unbranched alkanes of at least 4 members (excludes halogenated alkanes) is 4. The first-order valence-corrected chi connectivity index (χ1v) is 6.24. The second kappa shape index (κ2) is 7.05. The van der Waals surface area contributed by atoms with Crippen molar-refractivity contribution in [2.45, 2.75) is 45.4 Å². The zero-order valence-corrected chi connectivity index (χ0v) is 10.6. The van der Waals surface area contributed by atoms with Gasteiger partial charge in [-0.2, -0.15) is 0 Å². The lowest BCUT2D eigenvalue weighted by molar-refractivity contribution is -0.117. The minimum atomic E-state index is -0.198. The maximum Gasteiger partial charge on any atom is 0.220 e. The van der Waals surface area contributed by atoms with Gasteiger partial charge >= 0.3 is 0 Å². The minimum absolute atomic E-state index is 0.0862. The summed E-state index contributed by atoms with van der Waals surface area (Å²) in [5.41, 5.74) is 0.618. The number of ketones is 2. The second-order valence-electron chi connectivity index (χ2n) is 4.28. The molecule has 0 aliphatic heterocycles. The molecule has 0 amide bonds. The zero-order valence-electron chi connectivity index (χ0n) is 10.6. The molecule has 0 saturated heterocycles. The van der Waals surface area contributed by atoms with Gasteiger partial charge in [0.25, 0.3) is 0 Å². The van der Waals surface area contributed by atoms with E-state index in [2.05, 4.69) is 6.92 Å². The van der Waals surface area contributed by atoms with E-state index in [1.165, 1.54) is 38.5 Å². The molecule has 0 heterocycles. The average molecular weight is 236 g/mol. The van der Waals surface area contributed by atoms with Gasteiger partial charge < -0.3 is 4.74 Å². The Hall–Kier alpha value is -1.38. The van der Waals surface area contributed by atoms with Gasteiger partial charge in [0.15, 0.2) is 11.5 Å². The maximum atomic E-state index is 11.7. The van der Waals surface area contributed by atoms with Crippen LogP contribution < -0.4 is 0 Å². The molecule has 1 rings (SSSR count). The molecule has 1 aliphatic carbocycles. The number of hydrogen-bond donors (Lipinski definition) is 0. The predicted molar refractivity (Wildman–Crippen MR) is 66.6 cm³/mol. The van der Waals surface area contributed by atoms with Crippen molar-refractivity contribution in [3.8, 4) is 0 Å². The van der Waals surface area contributed by atoms with Crippen LogP contribution in [-0.4, -0.2) is 18.7 Å². The van der Waals surface area contributed by atoms with Gasteiger partial charge in [-0.25, -0.2) is 0 Å². The van der Waals surface area contributed by atoms with E-state index in [0.29, 0.717) is 12.0 Å². The van der Waals surface area contributed by atoms with Gasteiger partial charge in [-0.15, -0.1) is 0 Å². The Morgan fingerprint density at radius 1 is 1.00 bits per heavy atom. The van der Waals surface area contributed by atoms with Crippen LogP contribution in [0.2, 0.25) is 0 Å². The van der Waals surface area contributed by atoms with Crippen molar-refractivity contribution in [2.75, 3.05) is 7.11 Å². The molecule has 94 valence electrons.